The first-order valence-corrected chi connectivity index (χ1v) is 11.7. The minimum Gasteiger partial charge on any atom is -0.497 e. The lowest BCUT2D eigenvalue weighted by atomic mass is 10.0. The molecular formula is C26H29N3O3S. The summed E-state index contributed by atoms with van der Waals surface area (Å²) in [5, 5.41) is 2.78. The fraction of sp³-hybridized carbons (Fsp3) is 0.269. The topological polar surface area (TPSA) is 71.0 Å². The highest BCUT2D eigenvalue weighted by Gasteiger charge is 2.34. The van der Waals surface area contributed by atoms with Crippen LogP contribution in [-0.4, -0.2) is 35.9 Å². The fourth-order valence-electron chi connectivity index (χ4n) is 3.22. The summed E-state index contributed by atoms with van der Waals surface area (Å²) in [5.41, 5.74) is 3.06. The Morgan fingerprint density at radius 1 is 1.21 bits per heavy atom. The number of rotatable bonds is 8. The predicted octanol–water partition coefficient (Wildman–Crippen LogP) is 4.99. The molecule has 0 bridgehead atoms. The van der Waals surface area contributed by atoms with Gasteiger partial charge in [-0.15, -0.1) is 6.58 Å². The lowest BCUT2D eigenvalue weighted by Gasteiger charge is -2.20. The Labute approximate surface area is 199 Å². The molecule has 0 aliphatic carbocycles. The summed E-state index contributed by atoms with van der Waals surface area (Å²) in [6.07, 6.45) is 3.40. The van der Waals surface area contributed by atoms with Gasteiger partial charge in [0.2, 0.25) is 5.91 Å². The van der Waals surface area contributed by atoms with Gasteiger partial charge >= 0.3 is 0 Å². The maximum atomic E-state index is 13.4. The molecule has 1 unspecified atom stereocenters. The molecule has 2 aromatic carbocycles. The zero-order chi connectivity index (χ0) is 24.0. The fourth-order valence-corrected chi connectivity index (χ4v) is 4.17. The highest BCUT2D eigenvalue weighted by Crippen LogP contribution is 2.33. The monoisotopic (exact) mass is 463 g/mol. The van der Waals surface area contributed by atoms with Gasteiger partial charge in [0, 0.05) is 12.6 Å². The molecule has 0 aromatic heterocycles. The van der Waals surface area contributed by atoms with Gasteiger partial charge in [-0.25, -0.2) is 4.99 Å². The second kappa shape index (κ2) is 11.0. The molecule has 0 saturated heterocycles. The Morgan fingerprint density at radius 3 is 2.58 bits per heavy atom. The number of methoxy groups -OCH3 is 1. The second-order valence-electron chi connectivity index (χ2n) is 7.88. The largest absolute Gasteiger partial charge is 0.497 e. The normalized spacial score (nSPS) is 15.5. The van der Waals surface area contributed by atoms with Crippen LogP contribution in [0.15, 0.2) is 71.9 Å². The number of aliphatic imine (C=N–C) groups is 1. The van der Waals surface area contributed by atoms with E-state index in [0.29, 0.717) is 34.8 Å². The average molecular weight is 464 g/mol. The standard InChI is InChI=1S/C26H29N3O3S/c1-6-14-27-24(30)18(4)33-26-28-23(15-19-10-12-20(13-11-19)17(2)3)25(31)29(26)21-8-7-9-22(16-21)32-5/h6-13,15-18H,1,14H2,2-5H3,(H,27,30)/b23-15+. The van der Waals surface area contributed by atoms with E-state index in [1.54, 1.807) is 32.3 Å². The third kappa shape index (κ3) is 5.93. The van der Waals surface area contributed by atoms with Crippen molar-refractivity contribution in [3.05, 3.63) is 78.0 Å². The molecule has 0 radical (unpaired) electrons. The van der Waals surface area contributed by atoms with E-state index in [0.717, 1.165) is 5.56 Å². The van der Waals surface area contributed by atoms with Crippen molar-refractivity contribution in [3.8, 4) is 5.75 Å². The lowest BCUT2D eigenvalue weighted by molar-refractivity contribution is -0.120. The highest BCUT2D eigenvalue weighted by atomic mass is 32.2. The molecule has 0 spiro atoms. The van der Waals surface area contributed by atoms with Crippen LogP contribution in [0.4, 0.5) is 5.69 Å². The molecule has 0 fully saturated rings. The summed E-state index contributed by atoms with van der Waals surface area (Å²) in [7, 11) is 1.58. The molecule has 1 aliphatic heterocycles. The maximum absolute atomic E-state index is 13.4. The average Bonchev–Trinajstić information content (AvgIpc) is 3.11. The second-order valence-corrected chi connectivity index (χ2v) is 9.19. The summed E-state index contributed by atoms with van der Waals surface area (Å²) >= 11 is 1.23. The quantitative estimate of drug-likeness (QED) is 0.442. The van der Waals surface area contributed by atoms with E-state index in [2.05, 4.69) is 42.9 Å². The first-order valence-electron chi connectivity index (χ1n) is 10.8. The number of hydrogen-bond donors (Lipinski definition) is 1. The molecule has 1 N–H and O–H groups in total. The molecule has 0 saturated carbocycles. The Hall–Kier alpha value is -3.32. The number of carbonyl (C=O) groups excluding carboxylic acids is 2. The van der Waals surface area contributed by atoms with Gasteiger partial charge in [-0.05, 0) is 42.2 Å². The number of thioether (sulfide) groups is 1. The smallest absolute Gasteiger partial charge is 0.283 e. The first kappa shape index (κ1) is 24.3. The zero-order valence-corrected chi connectivity index (χ0v) is 20.2. The molecule has 6 nitrogen and oxygen atoms in total. The van der Waals surface area contributed by atoms with Crippen molar-refractivity contribution < 1.29 is 14.3 Å². The van der Waals surface area contributed by atoms with E-state index in [1.807, 2.05) is 30.3 Å². The molecule has 7 heteroatoms. The summed E-state index contributed by atoms with van der Waals surface area (Å²) in [6.45, 7) is 10.1. The number of benzene rings is 2. The van der Waals surface area contributed by atoms with Gasteiger partial charge in [0.25, 0.3) is 5.91 Å². The van der Waals surface area contributed by atoms with Crippen molar-refractivity contribution in [3.63, 3.8) is 0 Å². The SMILES string of the molecule is C=CCNC(=O)C(C)SC1=N/C(=C/c2ccc(C(C)C)cc2)C(=O)N1c1cccc(OC)c1. The number of hydrogen-bond acceptors (Lipinski definition) is 5. The Bertz CT molecular complexity index is 1090. The Kier molecular flexibility index (Phi) is 8.11. The van der Waals surface area contributed by atoms with Crippen LogP contribution in [0.5, 0.6) is 5.75 Å². The van der Waals surface area contributed by atoms with Crippen LogP contribution in [0.1, 0.15) is 37.8 Å². The Morgan fingerprint density at radius 2 is 1.94 bits per heavy atom. The number of anilines is 1. The molecule has 1 atom stereocenters. The molecule has 172 valence electrons. The van der Waals surface area contributed by atoms with Gasteiger partial charge in [-0.3, -0.25) is 14.5 Å². The number of nitrogens with zero attached hydrogens (tertiary/aromatic N) is 2. The third-order valence-electron chi connectivity index (χ3n) is 5.12. The number of amidine groups is 1. The number of amides is 2. The lowest BCUT2D eigenvalue weighted by Crippen LogP contribution is -2.35. The molecular weight excluding hydrogens is 434 g/mol. The third-order valence-corrected chi connectivity index (χ3v) is 6.17. The summed E-state index contributed by atoms with van der Waals surface area (Å²) < 4.78 is 5.33. The number of ether oxygens (including phenoxy) is 1. The van der Waals surface area contributed by atoms with Crippen LogP contribution in [0.3, 0.4) is 0 Å². The van der Waals surface area contributed by atoms with E-state index in [9.17, 15) is 9.59 Å². The van der Waals surface area contributed by atoms with Crippen LogP contribution >= 0.6 is 11.8 Å². The zero-order valence-electron chi connectivity index (χ0n) is 19.4. The van der Waals surface area contributed by atoms with Crippen LogP contribution in [0.2, 0.25) is 0 Å². The Balaban J connectivity index is 1.95. The van der Waals surface area contributed by atoms with Gasteiger partial charge in [-0.2, -0.15) is 0 Å². The van der Waals surface area contributed by atoms with Crippen LogP contribution in [0.25, 0.3) is 6.08 Å². The van der Waals surface area contributed by atoms with E-state index in [4.69, 9.17) is 4.74 Å². The molecule has 1 aliphatic rings. The van der Waals surface area contributed by atoms with Gasteiger partial charge in [0.05, 0.1) is 18.0 Å². The van der Waals surface area contributed by atoms with Gasteiger partial charge in [0.1, 0.15) is 11.4 Å². The summed E-state index contributed by atoms with van der Waals surface area (Å²) in [5.74, 6) is 0.654. The molecule has 2 aromatic rings. The van der Waals surface area contributed by atoms with Crippen molar-refractivity contribution in [1.29, 1.82) is 0 Å². The van der Waals surface area contributed by atoms with Crippen LogP contribution < -0.4 is 15.0 Å². The highest BCUT2D eigenvalue weighted by molar-refractivity contribution is 8.15. The van der Waals surface area contributed by atoms with E-state index in [1.165, 1.54) is 22.2 Å². The van der Waals surface area contributed by atoms with Gasteiger partial charge in [-0.1, -0.05) is 62.0 Å². The summed E-state index contributed by atoms with van der Waals surface area (Å²) in [6, 6.07) is 15.3. The van der Waals surface area contributed by atoms with Crippen LogP contribution in [-0.2, 0) is 9.59 Å². The predicted molar refractivity (Wildman–Crippen MR) is 137 cm³/mol. The van der Waals surface area contributed by atoms with Crippen molar-refractivity contribution in [2.45, 2.75) is 31.9 Å². The summed E-state index contributed by atoms with van der Waals surface area (Å²) in [4.78, 5) is 31.9. The van der Waals surface area contributed by atoms with Crippen molar-refractivity contribution >= 4 is 40.5 Å². The molecule has 2 amide bonds. The molecule has 33 heavy (non-hydrogen) atoms. The minimum absolute atomic E-state index is 0.151. The van der Waals surface area contributed by atoms with E-state index < -0.39 is 5.25 Å². The van der Waals surface area contributed by atoms with Crippen molar-refractivity contribution in [2.75, 3.05) is 18.6 Å². The van der Waals surface area contributed by atoms with Gasteiger partial charge in [0.15, 0.2) is 5.17 Å². The van der Waals surface area contributed by atoms with Gasteiger partial charge < -0.3 is 10.1 Å². The minimum atomic E-state index is -0.450. The first-order chi connectivity index (χ1) is 15.8. The van der Waals surface area contributed by atoms with E-state index >= 15 is 0 Å². The van der Waals surface area contributed by atoms with Crippen LogP contribution in [0, 0.1) is 0 Å². The number of nitrogens with one attached hydrogen (secondary N) is 1. The molecule has 1 heterocycles. The van der Waals surface area contributed by atoms with Crippen molar-refractivity contribution in [2.24, 2.45) is 4.99 Å². The maximum Gasteiger partial charge on any atom is 0.283 e. The molecule has 3 rings (SSSR count). The van der Waals surface area contributed by atoms with Crippen molar-refractivity contribution in [1.82, 2.24) is 5.32 Å². The van der Waals surface area contributed by atoms with E-state index in [-0.39, 0.29) is 11.8 Å². The number of carbonyl (C=O) groups is 2.